The molecule has 0 saturated heterocycles. The third kappa shape index (κ3) is 3.50. The van der Waals surface area contributed by atoms with Gasteiger partial charge in [0.1, 0.15) is 0 Å². The van der Waals surface area contributed by atoms with E-state index in [0.717, 1.165) is 17.8 Å². The van der Waals surface area contributed by atoms with Crippen LogP contribution in [0.4, 0.5) is 5.69 Å². The standard InChI is InChI=1S/C15H18N4/c16-10-15(19-17)13-7-4-8-14(9-13)18-11-12-5-2-1-3-6-12/h1-10,18-19H,11,16-17H2/b15-10-. The second-order valence-electron chi connectivity index (χ2n) is 4.14. The maximum absolute atomic E-state index is 5.51. The molecule has 0 aliphatic carbocycles. The third-order valence-electron chi connectivity index (χ3n) is 2.84. The molecule has 0 unspecified atom stereocenters. The van der Waals surface area contributed by atoms with Crippen LogP contribution in [0.3, 0.4) is 0 Å². The summed E-state index contributed by atoms with van der Waals surface area (Å²) in [4.78, 5) is 0. The fraction of sp³-hybridized carbons (Fsp3) is 0.0667. The van der Waals surface area contributed by atoms with Crippen LogP contribution in [0.5, 0.6) is 0 Å². The Kier molecular flexibility index (Phi) is 4.42. The number of anilines is 1. The molecule has 0 spiro atoms. The van der Waals surface area contributed by atoms with E-state index in [2.05, 4.69) is 22.9 Å². The van der Waals surface area contributed by atoms with Crippen molar-refractivity contribution in [1.29, 1.82) is 0 Å². The number of nitrogens with two attached hydrogens (primary N) is 2. The number of hydrogen-bond donors (Lipinski definition) is 4. The molecule has 0 aliphatic rings. The maximum atomic E-state index is 5.51. The van der Waals surface area contributed by atoms with Gasteiger partial charge in [-0.3, -0.25) is 5.84 Å². The molecule has 4 nitrogen and oxygen atoms in total. The summed E-state index contributed by atoms with van der Waals surface area (Å²) < 4.78 is 0. The molecule has 2 aromatic carbocycles. The smallest absolute Gasteiger partial charge is 0.0714 e. The fourth-order valence-electron chi connectivity index (χ4n) is 1.82. The number of rotatable bonds is 5. The topological polar surface area (TPSA) is 76.1 Å². The second kappa shape index (κ2) is 6.47. The minimum Gasteiger partial charge on any atom is -0.403 e. The van der Waals surface area contributed by atoms with Crippen LogP contribution in [-0.4, -0.2) is 0 Å². The first-order valence-corrected chi connectivity index (χ1v) is 6.10. The molecule has 0 saturated carbocycles. The van der Waals surface area contributed by atoms with Crippen LogP contribution in [0.15, 0.2) is 60.8 Å². The molecule has 0 aromatic heterocycles. The molecule has 0 fully saturated rings. The Morgan fingerprint density at radius 1 is 1.05 bits per heavy atom. The van der Waals surface area contributed by atoms with Gasteiger partial charge < -0.3 is 16.5 Å². The van der Waals surface area contributed by atoms with E-state index in [1.807, 2.05) is 42.5 Å². The Morgan fingerprint density at radius 2 is 1.84 bits per heavy atom. The summed E-state index contributed by atoms with van der Waals surface area (Å²) in [5.74, 6) is 5.41. The van der Waals surface area contributed by atoms with Crippen molar-refractivity contribution in [3.63, 3.8) is 0 Å². The van der Waals surface area contributed by atoms with Gasteiger partial charge in [-0.2, -0.15) is 0 Å². The minimum atomic E-state index is 0.698. The number of nitrogens with one attached hydrogen (secondary N) is 2. The lowest BCUT2D eigenvalue weighted by Gasteiger charge is -2.10. The van der Waals surface area contributed by atoms with Gasteiger partial charge in [0.05, 0.1) is 5.70 Å². The van der Waals surface area contributed by atoms with E-state index in [1.54, 1.807) is 0 Å². The highest BCUT2D eigenvalue weighted by atomic mass is 15.2. The van der Waals surface area contributed by atoms with Crippen LogP contribution in [-0.2, 0) is 6.54 Å². The van der Waals surface area contributed by atoms with Crippen LogP contribution in [0.2, 0.25) is 0 Å². The molecule has 19 heavy (non-hydrogen) atoms. The summed E-state index contributed by atoms with van der Waals surface area (Å²) in [5.41, 5.74) is 12.0. The van der Waals surface area contributed by atoms with Crippen molar-refractivity contribution in [2.45, 2.75) is 6.54 Å². The molecule has 6 N–H and O–H groups in total. The fourth-order valence-corrected chi connectivity index (χ4v) is 1.82. The Labute approximate surface area is 113 Å². The Hall–Kier alpha value is -2.46. The zero-order valence-corrected chi connectivity index (χ0v) is 10.6. The monoisotopic (exact) mass is 254 g/mol. The maximum Gasteiger partial charge on any atom is 0.0714 e. The summed E-state index contributed by atoms with van der Waals surface area (Å²) in [6.07, 6.45) is 1.45. The minimum absolute atomic E-state index is 0.698. The summed E-state index contributed by atoms with van der Waals surface area (Å²) >= 11 is 0. The molecule has 0 aliphatic heterocycles. The van der Waals surface area contributed by atoms with Crippen molar-refractivity contribution in [3.8, 4) is 0 Å². The van der Waals surface area contributed by atoms with Gasteiger partial charge in [-0.1, -0.05) is 42.5 Å². The van der Waals surface area contributed by atoms with Gasteiger partial charge in [0, 0.05) is 24.0 Å². The van der Waals surface area contributed by atoms with Gasteiger partial charge in [-0.05, 0) is 17.7 Å². The van der Waals surface area contributed by atoms with Crippen molar-refractivity contribution in [2.75, 3.05) is 5.32 Å². The normalized spacial score (nSPS) is 11.1. The lowest BCUT2D eigenvalue weighted by atomic mass is 10.1. The first-order chi connectivity index (χ1) is 9.33. The predicted molar refractivity (Wildman–Crippen MR) is 79.7 cm³/mol. The van der Waals surface area contributed by atoms with Gasteiger partial charge in [-0.25, -0.2) is 0 Å². The highest BCUT2D eigenvalue weighted by molar-refractivity contribution is 5.66. The Morgan fingerprint density at radius 3 is 2.53 bits per heavy atom. The molecular formula is C15H18N4. The average Bonchev–Trinajstić information content (AvgIpc) is 2.48. The van der Waals surface area contributed by atoms with Gasteiger partial charge in [0.25, 0.3) is 0 Å². The van der Waals surface area contributed by atoms with E-state index in [0.29, 0.717) is 5.70 Å². The summed E-state index contributed by atoms with van der Waals surface area (Å²) in [6, 6.07) is 18.2. The SMILES string of the molecule is N/C=C(\NN)c1cccc(NCc2ccccc2)c1. The van der Waals surface area contributed by atoms with Gasteiger partial charge in [0.2, 0.25) is 0 Å². The molecule has 0 radical (unpaired) electrons. The van der Waals surface area contributed by atoms with E-state index in [1.165, 1.54) is 11.8 Å². The van der Waals surface area contributed by atoms with Gasteiger partial charge in [0.15, 0.2) is 0 Å². The van der Waals surface area contributed by atoms with E-state index in [9.17, 15) is 0 Å². The molecule has 2 aromatic rings. The Bertz CT molecular complexity index is 549. The summed E-state index contributed by atoms with van der Waals surface area (Å²) in [6.45, 7) is 0.780. The largest absolute Gasteiger partial charge is 0.403 e. The predicted octanol–water partition coefficient (Wildman–Crippen LogP) is 2.02. The van der Waals surface area contributed by atoms with E-state index >= 15 is 0 Å². The van der Waals surface area contributed by atoms with Gasteiger partial charge >= 0.3 is 0 Å². The van der Waals surface area contributed by atoms with Crippen LogP contribution in [0, 0.1) is 0 Å². The van der Waals surface area contributed by atoms with Crippen molar-refractivity contribution in [2.24, 2.45) is 11.6 Å². The van der Waals surface area contributed by atoms with E-state index in [-0.39, 0.29) is 0 Å². The van der Waals surface area contributed by atoms with Crippen LogP contribution < -0.4 is 22.3 Å². The molecule has 4 heteroatoms. The molecule has 0 amide bonds. The molecule has 0 atom stereocenters. The average molecular weight is 254 g/mol. The molecule has 0 heterocycles. The summed E-state index contributed by atoms with van der Waals surface area (Å²) in [7, 11) is 0. The number of benzene rings is 2. The quantitative estimate of drug-likeness (QED) is 0.486. The highest BCUT2D eigenvalue weighted by Gasteiger charge is 2.00. The number of hydrazine groups is 1. The molecule has 98 valence electrons. The lowest BCUT2D eigenvalue weighted by molar-refractivity contribution is 0.987. The van der Waals surface area contributed by atoms with Crippen molar-refractivity contribution >= 4 is 11.4 Å². The zero-order valence-electron chi connectivity index (χ0n) is 10.6. The zero-order chi connectivity index (χ0) is 13.5. The van der Waals surface area contributed by atoms with Crippen molar-refractivity contribution in [1.82, 2.24) is 5.43 Å². The Balaban J connectivity index is 2.07. The highest BCUT2D eigenvalue weighted by Crippen LogP contribution is 2.16. The lowest BCUT2D eigenvalue weighted by Crippen LogP contribution is -2.21. The molecule has 2 rings (SSSR count). The van der Waals surface area contributed by atoms with Gasteiger partial charge in [-0.15, -0.1) is 0 Å². The molecular weight excluding hydrogens is 236 g/mol. The summed E-state index contributed by atoms with van der Waals surface area (Å²) in [5, 5.41) is 3.37. The molecule has 0 bridgehead atoms. The first kappa shape index (κ1) is 13.0. The number of hydrogen-bond acceptors (Lipinski definition) is 4. The van der Waals surface area contributed by atoms with Crippen LogP contribution in [0.25, 0.3) is 5.70 Å². The third-order valence-corrected chi connectivity index (χ3v) is 2.84. The van der Waals surface area contributed by atoms with Crippen LogP contribution >= 0.6 is 0 Å². The van der Waals surface area contributed by atoms with E-state index < -0.39 is 0 Å². The van der Waals surface area contributed by atoms with E-state index in [4.69, 9.17) is 11.6 Å². The first-order valence-electron chi connectivity index (χ1n) is 6.10. The van der Waals surface area contributed by atoms with Crippen LogP contribution in [0.1, 0.15) is 11.1 Å². The van der Waals surface area contributed by atoms with Crippen molar-refractivity contribution < 1.29 is 0 Å². The van der Waals surface area contributed by atoms with Crippen molar-refractivity contribution in [3.05, 3.63) is 71.9 Å². The second-order valence-corrected chi connectivity index (χ2v) is 4.14.